The van der Waals surface area contributed by atoms with Gasteiger partial charge in [0.2, 0.25) is 0 Å². The van der Waals surface area contributed by atoms with Gasteiger partial charge in [0.25, 0.3) is 0 Å². The van der Waals surface area contributed by atoms with Gasteiger partial charge in [-0.25, -0.2) is 0 Å². The molecule has 1 atom stereocenters. The van der Waals surface area contributed by atoms with E-state index >= 15 is 0 Å². The normalized spacial score (nSPS) is 17.4. The Morgan fingerprint density at radius 3 is 2.60 bits per heavy atom. The molecule has 20 heavy (non-hydrogen) atoms. The summed E-state index contributed by atoms with van der Waals surface area (Å²) in [5.41, 5.74) is 0. The lowest BCUT2D eigenvalue weighted by molar-refractivity contribution is 0.0759. The Balaban J connectivity index is 1.56. The number of benzene rings is 2. The fourth-order valence-corrected chi connectivity index (χ4v) is 2.77. The van der Waals surface area contributed by atoms with Crippen molar-refractivity contribution < 1.29 is 9.84 Å². The molecule has 1 heterocycles. The van der Waals surface area contributed by atoms with Crippen molar-refractivity contribution in [3.05, 3.63) is 42.5 Å². The molecule has 0 aromatic heterocycles. The molecule has 2 aromatic rings. The number of aliphatic hydroxyl groups excluding tert-OH is 1. The molecule has 106 valence electrons. The van der Waals surface area contributed by atoms with Crippen LogP contribution in [0.3, 0.4) is 0 Å². The van der Waals surface area contributed by atoms with Crippen LogP contribution in [0.4, 0.5) is 0 Å². The molecule has 1 N–H and O–H groups in total. The zero-order chi connectivity index (χ0) is 13.8. The molecule has 0 bridgehead atoms. The highest BCUT2D eigenvalue weighted by molar-refractivity contribution is 5.83. The van der Waals surface area contributed by atoms with Crippen molar-refractivity contribution in [2.45, 2.75) is 18.9 Å². The van der Waals surface area contributed by atoms with E-state index in [1.54, 1.807) is 0 Å². The molecular weight excluding hydrogens is 250 g/mol. The summed E-state index contributed by atoms with van der Waals surface area (Å²) in [7, 11) is 0. The van der Waals surface area contributed by atoms with E-state index in [0.717, 1.165) is 18.8 Å². The number of hydrogen-bond donors (Lipinski definition) is 1. The van der Waals surface area contributed by atoms with Crippen LogP contribution in [0.25, 0.3) is 10.8 Å². The van der Waals surface area contributed by atoms with E-state index in [0.29, 0.717) is 13.2 Å². The van der Waals surface area contributed by atoms with E-state index in [-0.39, 0.29) is 0 Å². The van der Waals surface area contributed by atoms with Gasteiger partial charge in [-0.05, 0) is 48.8 Å². The van der Waals surface area contributed by atoms with Gasteiger partial charge < -0.3 is 14.7 Å². The maximum absolute atomic E-state index is 10.0. The standard InChI is InChI=1S/C17H21NO2/c19-16(12-18-9-3-4-10-18)13-20-17-8-7-14-5-1-2-6-15(14)11-17/h1-2,5-8,11,16,19H,3-4,9-10,12-13H2/t16-/m1/s1. The molecule has 3 rings (SSSR count). The highest BCUT2D eigenvalue weighted by Crippen LogP contribution is 2.20. The lowest BCUT2D eigenvalue weighted by Crippen LogP contribution is -2.33. The molecule has 0 amide bonds. The number of β-amino-alcohol motifs (C(OH)–C–C–N with tert-alkyl or cyclic N) is 1. The van der Waals surface area contributed by atoms with Crippen LogP contribution in [0.1, 0.15) is 12.8 Å². The summed E-state index contributed by atoms with van der Waals surface area (Å²) in [6.45, 7) is 3.28. The summed E-state index contributed by atoms with van der Waals surface area (Å²) in [4.78, 5) is 2.30. The first-order chi connectivity index (χ1) is 9.81. The minimum absolute atomic E-state index is 0.356. The number of fused-ring (bicyclic) bond motifs is 1. The predicted octanol–water partition coefficient (Wildman–Crippen LogP) is 2.68. The Morgan fingerprint density at radius 1 is 1.05 bits per heavy atom. The number of rotatable bonds is 5. The summed E-state index contributed by atoms with van der Waals surface area (Å²) in [5, 5.41) is 12.4. The molecule has 3 heteroatoms. The second-order valence-corrected chi connectivity index (χ2v) is 5.48. The number of ether oxygens (including phenoxy) is 1. The van der Waals surface area contributed by atoms with Gasteiger partial charge in [-0.1, -0.05) is 30.3 Å². The fourth-order valence-electron chi connectivity index (χ4n) is 2.77. The van der Waals surface area contributed by atoms with Gasteiger partial charge in [-0.2, -0.15) is 0 Å². The molecule has 0 aliphatic carbocycles. The van der Waals surface area contributed by atoms with Crippen LogP contribution in [0.15, 0.2) is 42.5 Å². The van der Waals surface area contributed by atoms with E-state index in [4.69, 9.17) is 4.74 Å². The van der Waals surface area contributed by atoms with Crippen LogP contribution in [0.5, 0.6) is 5.75 Å². The molecule has 0 spiro atoms. The van der Waals surface area contributed by atoms with Crippen LogP contribution in [-0.4, -0.2) is 42.4 Å². The highest BCUT2D eigenvalue weighted by atomic mass is 16.5. The molecular formula is C17H21NO2. The first kappa shape index (κ1) is 13.4. The quantitative estimate of drug-likeness (QED) is 0.907. The SMILES string of the molecule is O[C@@H](COc1ccc2ccccc2c1)CN1CCCC1. The number of aliphatic hydroxyl groups is 1. The van der Waals surface area contributed by atoms with Crippen molar-refractivity contribution in [1.29, 1.82) is 0 Å². The Labute approximate surface area is 119 Å². The van der Waals surface area contributed by atoms with Crippen molar-refractivity contribution in [3.8, 4) is 5.75 Å². The van der Waals surface area contributed by atoms with E-state index in [1.807, 2.05) is 24.3 Å². The van der Waals surface area contributed by atoms with Crippen LogP contribution in [-0.2, 0) is 0 Å². The molecule has 0 unspecified atom stereocenters. The van der Waals surface area contributed by atoms with Gasteiger partial charge >= 0.3 is 0 Å². The van der Waals surface area contributed by atoms with Gasteiger partial charge in [-0.3, -0.25) is 0 Å². The largest absolute Gasteiger partial charge is 0.491 e. The molecule has 1 fully saturated rings. The van der Waals surface area contributed by atoms with Gasteiger partial charge in [0.1, 0.15) is 18.5 Å². The number of hydrogen-bond acceptors (Lipinski definition) is 3. The third kappa shape index (κ3) is 3.30. The lowest BCUT2D eigenvalue weighted by Gasteiger charge is -2.19. The molecule has 1 saturated heterocycles. The topological polar surface area (TPSA) is 32.7 Å². The molecule has 2 aromatic carbocycles. The second kappa shape index (κ2) is 6.25. The van der Waals surface area contributed by atoms with E-state index in [1.165, 1.54) is 23.6 Å². The molecule has 1 aliphatic rings. The zero-order valence-electron chi connectivity index (χ0n) is 11.7. The van der Waals surface area contributed by atoms with E-state index in [9.17, 15) is 5.11 Å². The van der Waals surface area contributed by atoms with Crippen molar-refractivity contribution in [3.63, 3.8) is 0 Å². The maximum atomic E-state index is 10.0. The van der Waals surface area contributed by atoms with Crippen LogP contribution >= 0.6 is 0 Å². The summed E-state index contributed by atoms with van der Waals surface area (Å²) in [5.74, 6) is 0.823. The molecule has 3 nitrogen and oxygen atoms in total. The average Bonchev–Trinajstić information content (AvgIpc) is 2.98. The minimum Gasteiger partial charge on any atom is -0.491 e. The van der Waals surface area contributed by atoms with Gasteiger partial charge in [-0.15, -0.1) is 0 Å². The van der Waals surface area contributed by atoms with Gasteiger partial charge in [0.05, 0.1) is 0 Å². The van der Waals surface area contributed by atoms with Crippen LogP contribution < -0.4 is 4.74 Å². The zero-order valence-corrected chi connectivity index (χ0v) is 11.7. The Bertz CT molecular complexity index is 564. The Hall–Kier alpha value is -1.58. The molecule has 0 radical (unpaired) electrons. The Kier molecular flexibility index (Phi) is 4.19. The summed E-state index contributed by atoms with van der Waals surface area (Å²) in [6.07, 6.45) is 2.08. The van der Waals surface area contributed by atoms with Crippen LogP contribution in [0.2, 0.25) is 0 Å². The third-order valence-electron chi connectivity index (χ3n) is 3.83. The van der Waals surface area contributed by atoms with Crippen molar-refractivity contribution in [1.82, 2.24) is 4.90 Å². The number of likely N-dealkylation sites (tertiary alicyclic amines) is 1. The minimum atomic E-state index is -0.417. The Morgan fingerprint density at radius 2 is 1.80 bits per heavy atom. The van der Waals surface area contributed by atoms with Crippen molar-refractivity contribution in [2.75, 3.05) is 26.2 Å². The smallest absolute Gasteiger partial charge is 0.120 e. The van der Waals surface area contributed by atoms with Crippen molar-refractivity contribution >= 4 is 10.8 Å². The summed E-state index contributed by atoms with van der Waals surface area (Å²) in [6, 6.07) is 14.3. The fraction of sp³-hybridized carbons (Fsp3) is 0.412. The van der Waals surface area contributed by atoms with Gasteiger partial charge in [0, 0.05) is 6.54 Å². The van der Waals surface area contributed by atoms with E-state index in [2.05, 4.69) is 23.1 Å². The average molecular weight is 271 g/mol. The third-order valence-corrected chi connectivity index (χ3v) is 3.83. The predicted molar refractivity (Wildman–Crippen MR) is 81.1 cm³/mol. The van der Waals surface area contributed by atoms with Crippen molar-refractivity contribution in [2.24, 2.45) is 0 Å². The molecule has 1 aliphatic heterocycles. The highest BCUT2D eigenvalue weighted by Gasteiger charge is 2.16. The van der Waals surface area contributed by atoms with E-state index < -0.39 is 6.10 Å². The molecule has 0 saturated carbocycles. The first-order valence-electron chi connectivity index (χ1n) is 7.33. The monoisotopic (exact) mass is 271 g/mol. The van der Waals surface area contributed by atoms with Crippen LogP contribution in [0, 0.1) is 0 Å². The summed E-state index contributed by atoms with van der Waals surface area (Å²) >= 11 is 0. The maximum Gasteiger partial charge on any atom is 0.120 e. The first-order valence-corrected chi connectivity index (χ1v) is 7.33. The number of nitrogens with zero attached hydrogens (tertiary/aromatic N) is 1. The van der Waals surface area contributed by atoms with Gasteiger partial charge in [0.15, 0.2) is 0 Å². The second-order valence-electron chi connectivity index (χ2n) is 5.48. The lowest BCUT2D eigenvalue weighted by atomic mass is 10.1. The summed E-state index contributed by atoms with van der Waals surface area (Å²) < 4.78 is 5.71.